The molecule has 110 valence electrons. The first kappa shape index (κ1) is 15.9. The van der Waals surface area contributed by atoms with E-state index in [4.69, 9.17) is 14.9 Å². The summed E-state index contributed by atoms with van der Waals surface area (Å²) in [6, 6.07) is 9.17. The van der Waals surface area contributed by atoms with Crippen LogP contribution in [0.5, 0.6) is 0 Å². The number of carbonyl (C=O) groups excluding carboxylic acids is 1. The average molecular weight is 282 g/mol. The van der Waals surface area contributed by atoms with Crippen LogP contribution in [0, 0.1) is 0 Å². The van der Waals surface area contributed by atoms with Crippen LogP contribution in [0.25, 0.3) is 0 Å². The van der Waals surface area contributed by atoms with Gasteiger partial charge in [-0.05, 0) is 5.56 Å². The van der Waals surface area contributed by atoms with E-state index in [1.807, 2.05) is 30.3 Å². The van der Waals surface area contributed by atoms with Gasteiger partial charge in [-0.3, -0.25) is 10.2 Å². The number of aliphatic hydroxyl groups is 1. The number of hydrogen-bond donors (Lipinski definition) is 3. The van der Waals surface area contributed by atoms with Gasteiger partial charge in [0, 0.05) is 13.1 Å². The van der Waals surface area contributed by atoms with Crippen molar-refractivity contribution in [1.29, 1.82) is 0 Å². The van der Waals surface area contributed by atoms with Gasteiger partial charge in [-0.1, -0.05) is 30.3 Å². The Morgan fingerprint density at radius 2 is 1.90 bits per heavy atom. The fraction of sp³-hybridized carbons (Fsp3) is 0.385. The number of hydrogen-bond acceptors (Lipinski definition) is 5. The Labute approximate surface area is 116 Å². The Bertz CT molecular complexity index is 424. The molecular weight excluding hydrogens is 264 g/mol. The molecule has 7 heteroatoms. The van der Waals surface area contributed by atoms with Crippen molar-refractivity contribution in [3.8, 4) is 0 Å². The van der Waals surface area contributed by atoms with Gasteiger partial charge in [0.1, 0.15) is 6.61 Å². The Morgan fingerprint density at radius 1 is 1.20 bits per heavy atom. The summed E-state index contributed by atoms with van der Waals surface area (Å²) in [7, 11) is 0. The number of ether oxygens (including phenoxy) is 1. The molecule has 0 bridgehead atoms. The third kappa shape index (κ3) is 6.72. The highest BCUT2D eigenvalue weighted by Crippen LogP contribution is 2.00. The van der Waals surface area contributed by atoms with Crippen LogP contribution < -0.4 is 5.43 Å². The fourth-order valence-corrected chi connectivity index (χ4v) is 1.46. The highest BCUT2D eigenvalue weighted by Gasteiger charge is 2.11. The smallest absolute Gasteiger partial charge is 0.422 e. The Hall–Kier alpha value is -2.12. The highest BCUT2D eigenvalue weighted by atomic mass is 16.6. The molecule has 7 nitrogen and oxygen atoms in total. The minimum atomic E-state index is -0.979. The van der Waals surface area contributed by atoms with Crippen LogP contribution >= 0.6 is 0 Å². The third-order valence-electron chi connectivity index (χ3n) is 2.43. The summed E-state index contributed by atoms with van der Waals surface area (Å²) in [4.78, 5) is 22.0. The molecule has 1 rings (SSSR count). The first-order valence-corrected chi connectivity index (χ1v) is 6.16. The molecule has 0 saturated carbocycles. The van der Waals surface area contributed by atoms with Crippen molar-refractivity contribution < 1.29 is 24.5 Å². The Balaban J connectivity index is 2.35. The zero-order valence-corrected chi connectivity index (χ0v) is 11.0. The maximum Gasteiger partial charge on any atom is 0.422 e. The molecule has 0 atom stereocenters. The predicted molar refractivity (Wildman–Crippen MR) is 70.7 cm³/mol. The van der Waals surface area contributed by atoms with Crippen LogP contribution in [0.3, 0.4) is 0 Å². The molecule has 1 amide bonds. The lowest BCUT2D eigenvalue weighted by molar-refractivity contribution is -0.137. The molecule has 0 saturated heterocycles. The monoisotopic (exact) mass is 282 g/mol. The summed E-state index contributed by atoms with van der Waals surface area (Å²) >= 11 is 0. The number of rotatable bonds is 8. The van der Waals surface area contributed by atoms with E-state index < -0.39 is 12.1 Å². The van der Waals surface area contributed by atoms with Gasteiger partial charge in [-0.15, -0.1) is 0 Å². The molecule has 0 aromatic heterocycles. The SMILES string of the molecule is O=C(O)CCN(CCO)NC(=O)OCc1ccccc1. The van der Waals surface area contributed by atoms with Crippen LogP contribution in [0.2, 0.25) is 0 Å². The number of carbonyl (C=O) groups is 2. The molecule has 1 aromatic rings. The van der Waals surface area contributed by atoms with Gasteiger partial charge in [0.15, 0.2) is 0 Å². The molecule has 1 aromatic carbocycles. The number of carboxylic acids is 1. The van der Waals surface area contributed by atoms with Crippen molar-refractivity contribution in [3.63, 3.8) is 0 Å². The predicted octanol–water partition coefficient (Wildman–Crippen LogP) is 0.597. The summed E-state index contributed by atoms with van der Waals surface area (Å²) in [5.41, 5.74) is 3.24. The molecule has 0 heterocycles. The van der Waals surface area contributed by atoms with E-state index in [1.165, 1.54) is 5.01 Å². The molecule has 0 aliphatic carbocycles. The minimum Gasteiger partial charge on any atom is -0.481 e. The molecule has 0 fully saturated rings. The number of nitrogens with one attached hydrogen (secondary N) is 1. The fourth-order valence-electron chi connectivity index (χ4n) is 1.46. The zero-order chi connectivity index (χ0) is 14.8. The van der Waals surface area contributed by atoms with Crippen LogP contribution in [0.15, 0.2) is 30.3 Å². The normalized spacial score (nSPS) is 10.3. The first-order chi connectivity index (χ1) is 9.61. The number of hydrazine groups is 1. The molecule has 3 N–H and O–H groups in total. The summed E-state index contributed by atoms with van der Waals surface area (Å²) in [6.07, 6.45) is -0.827. The number of aliphatic carboxylic acids is 1. The van der Waals surface area contributed by atoms with Gasteiger partial charge in [0.05, 0.1) is 13.0 Å². The van der Waals surface area contributed by atoms with Crippen molar-refractivity contribution in [2.75, 3.05) is 19.7 Å². The van der Waals surface area contributed by atoms with Gasteiger partial charge in [-0.25, -0.2) is 9.80 Å². The second-order valence-electron chi connectivity index (χ2n) is 4.03. The maximum absolute atomic E-state index is 11.5. The van der Waals surface area contributed by atoms with Crippen molar-refractivity contribution in [2.45, 2.75) is 13.0 Å². The van der Waals surface area contributed by atoms with E-state index in [2.05, 4.69) is 5.43 Å². The van der Waals surface area contributed by atoms with E-state index in [0.717, 1.165) is 5.56 Å². The maximum atomic E-state index is 11.5. The largest absolute Gasteiger partial charge is 0.481 e. The average Bonchev–Trinajstić information content (AvgIpc) is 2.44. The van der Waals surface area contributed by atoms with Crippen LogP contribution in [0.1, 0.15) is 12.0 Å². The lowest BCUT2D eigenvalue weighted by Crippen LogP contribution is -2.45. The van der Waals surface area contributed by atoms with Crippen LogP contribution in [0.4, 0.5) is 4.79 Å². The van der Waals surface area contributed by atoms with Gasteiger partial charge >= 0.3 is 12.1 Å². The number of nitrogens with zero attached hydrogens (tertiary/aromatic N) is 1. The highest BCUT2D eigenvalue weighted by molar-refractivity contribution is 5.68. The van der Waals surface area contributed by atoms with Gasteiger partial charge in [-0.2, -0.15) is 0 Å². The summed E-state index contributed by atoms with van der Waals surface area (Å²) < 4.78 is 4.99. The third-order valence-corrected chi connectivity index (χ3v) is 2.43. The van der Waals surface area contributed by atoms with Crippen LogP contribution in [-0.4, -0.2) is 47.0 Å². The summed E-state index contributed by atoms with van der Waals surface area (Å²) in [5, 5.41) is 18.7. The van der Waals surface area contributed by atoms with Crippen LogP contribution in [-0.2, 0) is 16.1 Å². The molecule has 0 aliphatic heterocycles. The molecule has 0 unspecified atom stereocenters. The van der Waals surface area contributed by atoms with E-state index in [0.29, 0.717) is 0 Å². The number of carboxylic acid groups (broad SMARTS) is 1. The topological polar surface area (TPSA) is 99.1 Å². The van der Waals surface area contributed by atoms with Gasteiger partial charge in [0.2, 0.25) is 0 Å². The van der Waals surface area contributed by atoms with E-state index >= 15 is 0 Å². The second-order valence-corrected chi connectivity index (χ2v) is 4.03. The number of amides is 1. The molecule has 20 heavy (non-hydrogen) atoms. The lowest BCUT2D eigenvalue weighted by atomic mass is 10.2. The van der Waals surface area contributed by atoms with E-state index in [9.17, 15) is 9.59 Å². The molecule has 0 aliphatic rings. The van der Waals surface area contributed by atoms with Gasteiger partial charge < -0.3 is 14.9 Å². The summed E-state index contributed by atoms with van der Waals surface area (Å²) in [6.45, 7) is 0.154. The van der Waals surface area contributed by atoms with Crippen molar-refractivity contribution >= 4 is 12.1 Å². The Kier molecular flexibility index (Phi) is 7.08. The Morgan fingerprint density at radius 3 is 2.50 bits per heavy atom. The molecule has 0 spiro atoms. The van der Waals surface area contributed by atoms with Crippen molar-refractivity contribution in [1.82, 2.24) is 10.4 Å². The number of benzene rings is 1. The second kappa shape index (κ2) is 8.89. The molecule has 0 radical (unpaired) electrons. The zero-order valence-electron chi connectivity index (χ0n) is 11.0. The van der Waals surface area contributed by atoms with Gasteiger partial charge in [0.25, 0.3) is 0 Å². The molecular formula is C13H18N2O5. The minimum absolute atomic E-state index is 0.0936. The number of aliphatic hydroxyl groups excluding tert-OH is 1. The van der Waals surface area contributed by atoms with E-state index in [-0.39, 0.29) is 32.7 Å². The van der Waals surface area contributed by atoms with E-state index in [1.54, 1.807) is 0 Å². The lowest BCUT2D eigenvalue weighted by Gasteiger charge is -2.20. The quantitative estimate of drug-likeness (QED) is 0.604. The standard InChI is InChI=1S/C13H18N2O5/c16-9-8-15(7-6-12(17)18)14-13(19)20-10-11-4-2-1-3-5-11/h1-5,16H,6-10H2,(H,14,19)(H,17,18). The van der Waals surface area contributed by atoms with Crippen molar-refractivity contribution in [2.24, 2.45) is 0 Å². The van der Waals surface area contributed by atoms with Crippen molar-refractivity contribution in [3.05, 3.63) is 35.9 Å². The summed E-state index contributed by atoms with van der Waals surface area (Å²) in [5.74, 6) is -0.979. The first-order valence-electron chi connectivity index (χ1n) is 6.16.